The lowest BCUT2D eigenvalue weighted by atomic mass is 9.98. The molecule has 0 aliphatic carbocycles. The van der Waals surface area contributed by atoms with Crippen LogP contribution in [0.3, 0.4) is 0 Å². The zero-order valence-corrected chi connectivity index (χ0v) is 12.9. The van der Waals surface area contributed by atoms with E-state index in [-0.39, 0.29) is 17.8 Å². The summed E-state index contributed by atoms with van der Waals surface area (Å²) in [7, 11) is 1.39. The van der Waals surface area contributed by atoms with Crippen LogP contribution in [0.2, 0.25) is 0 Å². The number of Topliss-reactive ketones (excluding diaryl/α,β-unsaturated/α-hetero) is 1. The molecule has 0 radical (unpaired) electrons. The lowest BCUT2D eigenvalue weighted by Gasteiger charge is -2.21. The second kappa shape index (κ2) is 7.22. The van der Waals surface area contributed by atoms with E-state index in [0.29, 0.717) is 0 Å². The first-order chi connectivity index (χ1) is 9.85. The first-order valence-corrected chi connectivity index (χ1v) is 6.93. The summed E-state index contributed by atoms with van der Waals surface area (Å²) in [6.45, 7) is 5.15. The molecule has 5 nitrogen and oxygen atoms in total. The van der Waals surface area contributed by atoms with Gasteiger partial charge in [-0.3, -0.25) is 4.79 Å². The molecular weight excluding hydrogens is 272 g/mol. The van der Waals surface area contributed by atoms with Crippen LogP contribution >= 0.6 is 0 Å². The summed E-state index contributed by atoms with van der Waals surface area (Å²) in [4.78, 5) is 24.0. The van der Waals surface area contributed by atoms with Crippen LogP contribution in [0, 0.1) is 0 Å². The quantitative estimate of drug-likeness (QED) is 0.442. The first-order valence-electron chi connectivity index (χ1n) is 6.93. The lowest BCUT2D eigenvalue weighted by Crippen LogP contribution is -2.26. The van der Waals surface area contributed by atoms with Gasteiger partial charge in [0.1, 0.15) is 5.57 Å². The fourth-order valence-corrected chi connectivity index (χ4v) is 2.11. The van der Waals surface area contributed by atoms with Gasteiger partial charge in [-0.15, -0.1) is 0 Å². The number of cyclic esters (lactones) is 1. The van der Waals surface area contributed by atoms with Crippen LogP contribution in [0.15, 0.2) is 35.6 Å². The topological polar surface area (TPSA) is 72.8 Å². The SMILES string of the molecule is CCC=CC=CC1(C)OC(=O)C(C(=O)CC(C)O)=C1OC. The minimum atomic E-state index is -1.10. The van der Waals surface area contributed by atoms with Gasteiger partial charge in [-0.1, -0.05) is 25.2 Å². The summed E-state index contributed by atoms with van der Waals surface area (Å²) < 4.78 is 10.5. The minimum Gasteiger partial charge on any atom is -0.495 e. The van der Waals surface area contributed by atoms with Crippen molar-refractivity contribution in [2.45, 2.75) is 45.3 Å². The summed E-state index contributed by atoms with van der Waals surface area (Å²) in [5.41, 5.74) is -1.22. The molecule has 1 aliphatic heterocycles. The number of aliphatic hydroxyl groups excluding tert-OH is 1. The number of aliphatic hydroxyl groups is 1. The van der Waals surface area contributed by atoms with Crippen molar-refractivity contribution in [3.8, 4) is 0 Å². The monoisotopic (exact) mass is 294 g/mol. The molecule has 0 spiro atoms. The highest BCUT2D eigenvalue weighted by Gasteiger charge is 2.46. The van der Waals surface area contributed by atoms with Crippen molar-refractivity contribution in [3.05, 3.63) is 35.6 Å². The molecule has 0 aromatic rings. The number of rotatable bonds is 7. The van der Waals surface area contributed by atoms with Gasteiger partial charge in [0.05, 0.1) is 13.2 Å². The van der Waals surface area contributed by atoms with Crippen LogP contribution in [0.1, 0.15) is 33.6 Å². The maximum absolute atomic E-state index is 12.1. The van der Waals surface area contributed by atoms with Gasteiger partial charge >= 0.3 is 5.97 Å². The Morgan fingerprint density at radius 2 is 2.14 bits per heavy atom. The molecule has 0 amide bonds. The fraction of sp³-hybridized carbons (Fsp3) is 0.500. The summed E-state index contributed by atoms with van der Waals surface area (Å²) >= 11 is 0. The molecule has 0 saturated heterocycles. The third-order valence-corrected chi connectivity index (χ3v) is 3.05. The number of esters is 1. The molecule has 21 heavy (non-hydrogen) atoms. The van der Waals surface area contributed by atoms with Crippen LogP contribution in [0.25, 0.3) is 0 Å². The molecule has 1 N–H and O–H groups in total. The Morgan fingerprint density at radius 1 is 1.48 bits per heavy atom. The second-order valence-corrected chi connectivity index (χ2v) is 5.08. The van der Waals surface area contributed by atoms with Gasteiger partial charge in [-0.25, -0.2) is 4.79 Å². The van der Waals surface area contributed by atoms with E-state index in [9.17, 15) is 14.7 Å². The highest BCUT2D eigenvalue weighted by atomic mass is 16.6. The van der Waals surface area contributed by atoms with Crippen LogP contribution < -0.4 is 0 Å². The van der Waals surface area contributed by atoms with Crippen LogP contribution in [0.4, 0.5) is 0 Å². The minimum absolute atomic E-state index is 0.120. The Kier molecular flexibility index (Phi) is 5.90. The summed E-state index contributed by atoms with van der Waals surface area (Å²) in [5, 5.41) is 9.30. The van der Waals surface area contributed by atoms with Gasteiger partial charge in [-0.2, -0.15) is 0 Å². The molecule has 0 saturated carbocycles. The molecule has 0 bridgehead atoms. The second-order valence-electron chi connectivity index (χ2n) is 5.08. The standard InChI is InChI=1S/C16H22O5/c1-5-6-7-8-9-16(3)14(20-4)13(15(19)21-16)12(18)10-11(2)17/h6-9,11,17H,5,10H2,1-4H3. The summed E-state index contributed by atoms with van der Waals surface area (Å²) in [6.07, 6.45) is 7.12. The van der Waals surface area contributed by atoms with E-state index in [2.05, 4.69) is 0 Å². The van der Waals surface area contributed by atoms with Crippen molar-refractivity contribution in [2.75, 3.05) is 7.11 Å². The van der Waals surface area contributed by atoms with E-state index in [1.807, 2.05) is 19.1 Å². The normalized spacial score (nSPS) is 24.0. The lowest BCUT2D eigenvalue weighted by molar-refractivity contribution is -0.144. The predicted octanol–water partition coefficient (Wildman–Crippen LogP) is 2.06. The van der Waals surface area contributed by atoms with E-state index >= 15 is 0 Å². The predicted molar refractivity (Wildman–Crippen MR) is 78.4 cm³/mol. The molecule has 2 atom stereocenters. The third-order valence-electron chi connectivity index (χ3n) is 3.05. The van der Waals surface area contributed by atoms with Crippen LogP contribution in [0.5, 0.6) is 0 Å². The molecule has 2 unspecified atom stereocenters. The van der Waals surface area contributed by atoms with Crippen molar-refractivity contribution in [2.24, 2.45) is 0 Å². The van der Waals surface area contributed by atoms with Crippen molar-refractivity contribution in [3.63, 3.8) is 0 Å². The molecular formula is C16H22O5. The Balaban J connectivity index is 3.11. The summed E-state index contributed by atoms with van der Waals surface area (Å²) in [5.74, 6) is -1.02. The van der Waals surface area contributed by atoms with Crippen molar-refractivity contribution in [1.29, 1.82) is 0 Å². The Labute approximate surface area is 124 Å². The van der Waals surface area contributed by atoms with Crippen molar-refractivity contribution >= 4 is 11.8 Å². The molecule has 1 aliphatic rings. The van der Waals surface area contributed by atoms with Gasteiger partial charge < -0.3 is 14.6 Å². The molecule has 1 heterocycles. The molecule has 1 rings (SSSR count). The van der Waals surface area contributed by atoms with E-state index in [4.69, 9.17) is 9.47 Å². The van der Waals surface area contributed by atoms with Gasteiger partial charge in [0.2, 0.25) is 0 Å². The molecule has 0 fully saturated rings. The van der Waals surface area contributed by atoms with Crippen LogP contribution in [-0.2, 0) is 19.1 Å². The third kappa shape index (κ3) is 4.04. The van der Waals surface area contributed by atoms with Gasteiger partial charge in [0, 0.05) is 6.42 Å². The number of carbonyl (C=O) groups is 2. The van der Waals surface area contributed by atoms with Crippen molar-refractivity contribution in [1.82, 2.24) is 0 Å². The van der Waals surface area contributed by atoms with Crippen LogP contribution in [-0.4, -0.2) is 35.7 Å². The number of methoxy groups -OCH3 is 1. The molecule has 5 heteroatoms. The maximum atomic E-state index is 12.1. The largest absolute Gasteiger partial charge is 0.495 e. The smallest absolute Gasteiger partial charge is 0.346 e. The van der Waals surface area contributed by atoms with E-state index < -0.39 is 23.5 Å². The number of hydrogen-bond donors (Lipinski definition) is 1. The average molecular weight is 294 g/mol. The number of ether oxygens (including phenoxy) is 2. The number of carbonyl (C=O) groups excluding carboxylic acids is 2. The van der Waals surface area contributed by atoms with Gasteiger partial charge in [0.15, 0.2) is 17.1 Å². The van der Waals surface area contributed by atoms with E-state index in [0.717, 1.165) is 6.42 Å². The molecule has 0 aromatic carbocycles. The molecule has 116 valence electrons. The highest BCUT2D eigenvalue weighted by molar-refractivity contribution is 6.19. The highest BCUT2D eigenvalue weighted by Crippen LogP contribution is 2.35. The molecule has 0 aromatic heterocycles. The first kappa shape index (κ1) is 17.2. The van der Waals surface area contributed by atoms with E-state index in [1.54, 1.807) is 19.1 Å². The van der Waals surface area contributed by atoms with Gasteiger partial charge in [0.25, 0.3) is 0 Å². The average Bonchev–Trinajstić information content (AvgIpc) is 2.64. The zero-order valence-electron chi connectivity index (χ0n) is 12.9. The number of hydrogen-bond acceptors (Lipinski definition) is 5. The Hall–Kier alpha value is -1.88. The number of ketones is 1. The Morgan fingerprint density at radius 3 is 2.67 bits per heavy atom. The summed E-state index contributed by atoms with van der Waals surface area (Å²) in [6, 6.07) is 0. The number of allylic oxidation sites excluding steroid dienone is 3. The van der Waals surface area contributed by atoms with Gasteiger partial charge in [-0.05, 0) is 26.3 Å². The zero-order chi connectivity index (χ0) is 16.0. The maximum Gasteiger partial charge on any atom is 0.346 e. The Bertz CT molecular complexity index is 499. The van der Waals surface area contributed by atoms with E-state index in [1.165, 1.54) is 14.0 Å². The fourth-order valence-electron chi connectivity index (χ4n) is 2.11. The van der Waals surface area contributed by atoms with Crippen molar-refractivity contribution < 1.29 is 24.2 Å².